The minimum Gasteiger partial charge on any atom is -0.545 e. The summed E-state index contributed by atoms with van der Waals surface area (Å²) in [6.07, 6.45) is 80.8. The number of rotatable bonds is 62. The van der Waals surface area contributed by atoms with Gasteiger partial charge < -0.3 is 33.3 Å². The van der Waals surface area contributed by atoms with Crippen molar-refractivity contribution in [2.24, 2.45) is 0 Å². The molecule has 0 rings (SSSR count). The molecular weight excluding hydrogens is 1010 g/mol. The molecule has 468 valence electrons. The Morgan fingerprint density at radius 2 is 0.704 bits per heavy atom. The van der Waals surface area contributed by atoms with Crippen molar-refractivity contribution in [1.82, 2.24) is 0 Å². The highest BCUT2D eigenvalue weighted by atomic mass is 16.7. The van der Waals surface area contributed by atoms with E-state index in [1.54, 1.807) is 0 Å². The molecule has 0 saturated heterocycles. The number of unbranched alkanes of at least 4 members (excludes halogenated alkanes) is 33. The van der Waals surface area contributed by atoms with Gasteiger partial charge in [0, 0.05) is 12.8 Å². The number of likely N-dealkylation sites (N-methyl/N-ethyl adjacent to an activating group) is 1. The van der Waals surface area contributed by atoms with Crippen LogP contribution in [0.1, 0.15) is 296 Å². The van der Waals surface area contributed by atoms with Crippen molar-refractivity contribution in [3.8, 4) is 0 Å². The number of aliphatic carboxylic acids is 1. The SMILES string of the molecule is CC/C=C\C/C=C\C/C=C\C/C=C\CCCCCCCCCCCCC(=O)OC(COC(=O)CCCCCCCCCCCCCCCCCCCC/C=C\C/C=C\C/C=C\CCCCCCC)COC(OCC[N+](C)(C)C)C(=O)[O-]. The summed E-state index contributed by atoms with van der Waals surface area (Å²) < 4.78 is 22.8. The van der Waals surface area contributed by atoms with Crippen LogP contribution in [0.15, 0.2) is 85.1 Å². The highest BCUT2D eigenvalue weighted by molar-refractivity contribution is 5.70. The van der Waals surface area contributed by atoms with Gasteiger partial charge in [-0.1, -0.05) is 279 Å². The van der Waals surface area contributed by atoms with Gasteiger partial charge in [-0.3, -0.25) is 9.59 Å². The quantitative estimate of drug-likeness (QED) is 0.0195. The summed E-state index contributed by atoms with van der Waals surface area (Å²) in [4.78, 5) is 37.4. The van der Waals surface area contributed by atoms with Crippen LogP contribution in [-0.4, -0.2) is 82.3 Å². The minimum absolute atomic E-state index is 0.145. The predicted octanol–water partition coefficient (Wildman–Crippen LogP) is 19.4. The number of quaternary nitrogens is 1. The van der Waals surface area contributed by atoms with Crippen molar-refractivity contribution in [1.29, 1.82) is 0 Å². The molecule has 0 saturated carbocycles. The van der Waals surface area contributed by atoms with Crippen LogP contribution in [0.4, 0.5) is 0 Å². The summed E-state index contributed by atoms with van der Waals surface area (Å²) in [7, 11) is 5.93. The third kappa shape index (κ3) is 63.9. The number of hydrogen-bond acceptors (Lipinski definition) is 8. The molecule has 2 atom stereocenters. The molecule has 0 aliphatic carbocycles. The summed E-state index contributed by atoms with van der Waals surface area (Å²) in [5.74, 6) is -2.28. The maximum atomic E-state index is 12.9. The highest BCUT2D eigenvalue weighted by Gasteiger charge is 2.22. The van der Waals surface area contributed by atoms with E-state index in [2.05, 4.69) is 98.9 Å². The van der Waals surface area contributed by atoms with Gasteiger partial charge in [-0.2, -0.15) is 0 Å². The molecule has 0 spiro atoms. The maximum absolute atomic E-state index is 12.9. The number of carboxylic acid groups (broad SMARTS) is 1. The van der Waals surface area contributed by atoms with E-state index in [-0.39, 0.29) is 32.2 Å². The van der Waals surface area contributed by atoms with Crippen LogP contribution in [0.5, 0.6) is 0 Å². The van der Waals surface area contributed by atoms with Crippen molar-refractivity contribution in [3.63, 3.8) is 0 Å². The Balaban J connectivity index is 4.10. The molecule has 0 radical (unpaired) electrons. The van der Waals surface area contributed by atoms with Gasteiger partial charge in [0.15, 0.2) is 12.4 Å². The molecule has 2 unspecified atom stereocenters. The van der Waals surface area contributed by atoms with Crippen LogP contribution >= 0.6 is 0 Å². The van der Waals surface area contributed by atoms with Crippen LogP contribution < -0.4 is 5.11 Å². The number of carbonyl (C=O) groups is 3. The molecule has 9 nitrogen and oxygen atoms in total. The summed E-state index contributed by atoms with van der Waals surface area (Å²) in [6.45, 7) is 4.65. The second-order valence-electron chi connectivity index (χ2n) is 23.7. The first kappa shape index (κ1) is 77.5. The third-order valence-electron chi connectivity index (χ3n) is 14.6. The average Bonchev–Trinajstić information content (AvgIpc) is 3.44. The fraction of sp³-hybridized carbons (Fsp3) is 0.764. The van der Waals surface area contributed by atoms with Gasteiger partial charge in [0.1, 0.15) is 13.2 Å². The largest absolute Gasteiger partial charge is 0.545 e. The first-order valence-corrected chi connectivity index (χ1v) is 33.7. The zero-order valence-electron chi connectivity index (χ0n) is 53.4. The number of allylic oxidation sites excluding steroid dienone is 14. The van der Waals surface area contributed by atoms with Crippen LogP contribution in [0.2, 0.25) is 0 Å². The van der Waals surface area contributed by atoms with Crippen molar-refractivity contribution >= 4 is 17.9 Å². The van der Waals surface area contributed by atoms with Gasteiger partial charge in [0.2, 0.25) is 0 Å². The van der Waals surface area contributed by atoms with E-state index in [0.717, 1.165) is 83.5 Å². The molecule has 0 aromatic heterocycles. The summed E-state index contributed by atoms with van der Waals surface area (Å²) in [6, 6.07) is 0. The van der Waals surface area contributed by atoms with E-state index >= 15 is 0 Å². The van der Waals surface area contributed by atoms with E-state index in [4.69, 9.17) is 18.9 Å². The molecule has 0 bridgehead atoms. The van der Waals surface area contributed by atoms with Gasteiger partial charge >= 0.3 is 11.9 Å². The molecule has 0 N–H and O–H groups in total. The van der Waals surface area contributed by atoms with Crippen LogP contribution in [-0.2, 0) is 33.3 Å². The highest BCUT2D eigenvalue weighted by Crippen LogP contribution is 2.17. The average molecular weight is 1130 g/mol. The number of carbonyl (C=O) groups excluding carboxylic acids is 3. The van der Waals surface area contributed by atoms with Crippen LogP contribution in [0.25, 0.3) is 0 Å². The molecule has 0 aliphatic heterocycles. The first-order valence-electron chi connectivity index (χ1n) is 33.7. The Labute approximate surface area is 500 Å². The second kappa shape index (κ2) is 62.5. The van der Waals surface area contributed by atoms with Gasteiger partial charge in [0.25, 0.3) is 0 Å². The predicted molar refractivity (Wildman–Crippen MR) is 343 cm³/mol. The van der Waals surface area contributed by atoms with Crippen molar-refractivity contribution in [3.05, 3.63) is 85.1 Å². The van der Waals surface area contributed by atoms with E-state index in [1.807, 2.05) is 21.1 Å². The Kier molecular flexibility index (Phi) is 59.8. The standard InChI is InChI=1S/C72H127NO8/c1-6-8-10-12-14-16-18-20-22-24-26-28-30-31-32-33-34-35-36-37-38-39-41-42-44-46-48-50-52-54-56-58-60-62-69(74)79-66-68(67-80-72(71(76)77)78-65-64-73(3,4)5)81-70(75)63-61-59-57-55-53-51-49-47-45-43-40-29-27-25-23-21-19-17-15-13-11-9-7-2/h9,11,15,17-18,20-21,23-24,26-27,29-31,68,72H,6-8,10,12-14,16,19,22,25,28,32-67H2,1-5H3/b11-9-,17-15-,20-18-,23-21-,26-24-,29-27-,31-30-. The van der Waals surface area contributed by atoms with E-state index in [1.165, 1.54) is 180 Å². The van der Waals surface area contributed by atoms with Gasteiger partial charge in [-0.25, -0.2) is 0 Å². The molecule has 0 aromatic rings. The fourth-order valence-corrected chi connectivity index (χ4v) is 9.48. The van der Waals surface area contributed by atoms with E-state index in [0.29, 0.717) is 23.9 Å². The summed E-state index contributed by atoms with van der Waals surface area (Å²) in [5, 5.41) is 11.8. The lowest BCUT2D eigenvalue weighted by atomic mass is 10.0. The van der Waals surface area contributed by atoms with Crippen molar-refractivity contribution in [2.75, 3.05) is 47.5 Å². The van der Waals surface area contributed by atoms with Gasteiger partial charge in [-0.05, 0) is 89.9 Å². The monoisotopic (exact) mass is 1130 g/mol. The zero-order valence-corrected chi connectivity index (χ0v) is 53.4. The molecule has 81 heavy (non-hydrogen) atoms. The lowest BCUT2D eigenvalue weighted by Crippen LogP contribution is -2.44. The van der Waals surface area contributed by atoms with E-state index in [9.17, 15) is 19.5 Å². The summed E-state index contributed by atoms with van der Waals surface area (Å²) in [5.41, 5.74) is 0. The van der Waals surface area contributed by atoms with Gasteiger partial charge in [0.05, 0.1) is 40.3 Å². The Morgan fingerprint density at radius 3 is 1.05 bits per heavy atom. The number of ether oxygens (including phenoxy) is 4. The first-order chi connectivity index (χ1) is 39.6. The Bertz CT molecular complexity index is 1600. The fourth-order valence-electron chi connectivity index (χ4n) is 9.48. The minimum atomic E-state index is -1.63. The van der Waals surface area contributed by atoms with Gasteiger partial charge in [-0.15, -0.1) is 0 Å². The van der Waals surface area contributed by atoms with Crippen LogP contribution in [0.3, 0.4) is 0 Å². The van der Waals surface area contributed by atoms with Crippen LogP contribution in [0, 0.1) is 0 Å². The molecule has 9 heteroatoms. The lowest BCUT2D eigenvalue weighted by molar-refractivity contribution is -0.870. The third-order valence-corrected chi connectivity index (χ3v) is 14.6. The molecule has 0 aliphatic rings. The number of esters is 2. The molecule has 0 amide bonds. The Morgan fingerprint density at radius 1 is 0.383 bits per heavy atom. The summed E-state index contributed by atoms with van der Waals surface area (Å²) >= 11 is 0. The van der Waals surface area contributed by atoms with E-state index < -0.39 is 24.3 Å². The molecule has 0 aromatic carbocycles. The Hall–Kier alpha value is -3.53. The smallest absolute Gasteiger partial charge is 0.306 e. The van der Waals surface area contributed by atoms with Crippen molar-refractivity contribution in [2.45, 2.75) is 309 Å². The molecular formula is C72H127NO8. The topological polar surface area (TPSA) is 111 Å². The zero-order chi connectivity index (χ0) is 59.1. The lowest BCUT2D eigenvalue weighted by Gasteiger charge is -2.26. The number of carboxylic acids is 1. The normalized spacial score (nSPS) is 13.2. The molecule has 0 heterocycles. The second-order valence-corrected chi connectivity index (χ2v) is 23.7. The maximum Gasteiger partial charge on any atom is 0.306 e. The number of hydrogen-bond donors (Lipinski definition) is 0. The molecule has 0 fully saturated rings. The van der Waals surface area contributed by atoms with Crippen molar-refractivity contribution < 1.29 is 42.9 Å². The number of nitrogens with zero attached hydrogens (tertiary/aromatic N) is 1.